The maximum Gasteiger partial charge on any atom is 0.278 e. The van der Waals surface area contributed by atoms with Crippen molar-refractivity contribution in [2.24, 2.45) is 4.99 Å². The van der Waals surface area contributed by atoms with Crippen LogP contribution in [0.5, 0.6) is 0 Å². The molecular weight excluding hydrogens is 310 g/mol. The normalized spacial score (nSPS) is 17.5. The smallest absolute Gasteiger partial charge is 0.278 e. The van der Waals surface area contributed by atoms with Gasteiger partial charge in [0.1, 0.15) is 0 Å². The molecule has 4 rings (SSSR count). The van der Waals surface area contributed by atoms with E-state index in [1.54, 1.807) is 6.07 Å². The summed E-state index contributed by atoms with van der Waals surface area (Å²) < 4.78 is 25.7. The van der Waals surface area contributed by atoms with Crippen LogP contribution in [0.4, 0.5) is 14.5 Å². The van der Waals surface area contributed by atoms with Crippen molar-refractivity contribution < 1.29 is 8.78 Å². The number of anilines is 1. The summed E-state index contributed by atoms with van der Waals surface area (Å²) in [6.07, 6.45) is 1.73. The van der Waals surface area contributed by atoms with E-state index in [2.05, 4.69) is 26.7 Å². The Kier molecular flexibility index (Phi) is 4.06. The zero-order valence-electron chi connectivity index (χ0n) is 13.3. The van der Waals surface area contributed by atoms with E-state index < -0.39 is 6.43 Å². The average Bonchev–Trinajstić information content (AvgIpc) is 3.25. The summed E-state index contributed by atoms with van der Waals surface area (Å²) in [5.41, 5.74) is 2.57. The summed E-state index contributed by atoms with van der Waals surface area (Å²) in [4.78, 5) is 7.39. The van der Waals surface area contributed by atoms with Crippen LogP contribution in [0.2, 0.25) is 0 Å². The Bertz CT molecular complexity index is 850. The molecule has 0 aliphatic carbocycles. The van der Waals surface area contributed by atoms with Crippen molar-refractivity contribution in [3.05, 3.63) is 40.5 Å². The van der Waals surface area contributed by atoms with Gasteiger partial charge < -0.3 is 15.6 Å². The average molecular weight is 330 g/mol. The number of benzene rings is 1. The Hall–Kier alpha value is -2.21. The van der Waals surface area contributed by atoms with Crippen LogP contribution < -0.4 is 21.2 Å². The van der Waals surface area contributed by atoms with Gasteiger partial charge in [0.25, 0.3) is 6.43 Å². The quantitative estimate of drug-likeness (QED) is 0.805. The number of nitrogens with one attached hydrogen (secondary N) is 3. The molecule has 1 fully saturated rings. The first-order valence-corrected chi connectivity index (χ1v) is 8.34. The lowest BCUT2D eigenvalue weighted by Gasteiger charge is -2.25. The Balaban J connectivity index is 1.71. The number of alkyl halides is 2. The van der Waals surface area contributed by atoms with E-state index in [0.29, 0.717) is 18.3 Å². The van der Waals surface area contributed by atoms with Crippen molar-refractivity contribution in [2.45, 2.75) is 25.3 Å². The van der Waals surface area contributed by atoms with Crippen molar-refractivity contribution >= 4 is 11.8 Å². The molecule has 0 saturated carbocycles. The predicted molar refractivity (Wildman–Crippen MR) is 90.8 cm³/mol. The molecule has 126 valence electrons. The molecule has 0 spiro atoms. The minimum atomic E-state index is -2.48. The number of hydrogen-bond acceptors (Lipinski definition) is 3. The van der Waals surface area contributed by atoms with Crippen molar-refractivity contribution in [3.63, 3.8) is 0 Å². The maximum absolute atomic E-state index is 12.8. The lowest BCUT2D eigenvalue weighted by atomic mass is 10.0. The maximum atomic E-state index is 12.8. The minimum absolute atomic E-state index is 0.0490. The van der Waals surface area contributed by atoms with Crippen LogP contribution in [0.3, 0.4) is 0 Å². The van der Waals surface area contributed by atoms with Gasteiger partial charge in [-0.3, -0.25) is 4.99 Å². The summed E-state index contributed by atoms with van der Waals surface area (Å²) >= 11 is 0. The van der Waals surface area contributed by atoms with Crippen LogP contribution in [0.25, 0.3) is 17.3 Å². The fraction of sp³-hybridized carbons (Fsp3) is 0.389. The fourth-order valence-corrected chi connectivity index (χ4v) is 3.38. The Labute approximate surface area is 138 Å². The SMILES string of the molecule is FC(F)c1ccc(-c2cc(NC3CCNCC3)c3c(c2)=CCN=3)[nH]1. The molecule has 0 atom stereocenters. The first-order chi connectivity index (χ1) is 11.7. The number of fused-ring (bicyclic) bond motifs is 1. The molecule has 0 bridgehead atoms. The molecule has 1 aromatic heterocycles. The van der Waals surface area contributed by atoms with Gasteiger partial charge in [-0.25, -0.2) is 8.78 Å². The van der Waals surface area contributed by atoms with Gasteiger partial charge in [0.15, 0.2) is 0 Å². The second-order valence-electron chi connectivity index (χ2n) is 6.30. The fourth-order valence-electron chi connectivity index (χ4n) is 3.38. The molecule has 4 nitrogen and oxygen atoms in total. The van der Waals surface area contributed by atoms with Gasteiger partial charge >= 0.3 is 0 Å². The van der Waals surface area contributed by atoms with Crippen LogP contribution in [0.15, 0.2) is 29.3 Å². The van der Waals surface area contributed by atoms with Gasteiger partial charge in [-0.05, 0) is 50.2 Å². The molecular formula is C18H20F2N4. The lowest BCUT2D eigenvalue weighted by Crippen LogP contribution is -2.37. The van der Waals surface area contributed by atoms with Gasteiger partial charge in [-0.1, -0.05) is 6.08 Å². The largest absolute Gasteiger partial charge is 0.380 e. The topological polar surface area (TPSA) is 52.2 Å². The van der Waals surface area contributed by atoms with E-state index in [1.807, 2.05) is 12.1 Å². The second-order valence-corrected chi connectivity index (χ2v) is 6.30. The first kappa shape index (κ1) is 15.3. The second kappa shape index (κ2) is 6.36. The van der Waals surface area contributed by atoms with Crippen molar-refractivity contribution in [3.8, 4) is 11.3 Å². The summed E-state index contributed by atoms with van der Waals surface area (Å²) in [5, 5.41) is 9.01. The molecule has 6 heteroatoms. The van der Waals surface area contributed by atoms with E-state index >= 15 is 0 Å². The van der Waals surface area contributed by atoms with Crippen LogP contribution in [0.1, 0.15) is 25.0 Å². The molecule has 3 N–H and O–H groups in total. The number of halogens is 2. The lowest BCUT2D eigenvalue weighted by molar-refractivity contribution is 0.147. The molecule has 1 saturated heterocycles. The van der Waals surface area contributed by atoms with Crippen molar-refractivity contribution in [2.75, 3.05) is 25.0 Å². The minimum Gasteiger partial charge on any atom is -0.380 e. The van der Waals surface area contributed by atoms with Crippen LogP contribution >= 0.6 is 0 Å². The number of rotatable bonds is 4. The van der Waals surface area contributed by atoms with Gasteiger partial charge in [-0.2, -0.15) is 0 Å². The zero-order valence-corrected chi connectivity index (χ0v) is 13.3. The highest BCUT2D eigenvalue weighted by molar-refractivity contribution is 5.67. The highest BCUT2D eigenvalue weighted by Gasteiger charge is 2.16. The number of aromatic amines is 1. The Morgan fingerprint density at radius 3 is 2.75 bits per heavy atom. The molecule has 1 aromatic carbocycles. The summed E-state index contributed by atoms with van der Waals surface area (Å²) in [7, 11) is 0. The molecule has 0 amide bonds. The number of nitrogens with zero attached hydrogens (tertiary/aromatic N) is 1. The summed E-state index contributed by atoms with van der Waals surface area (Å²) in [6.45, 7) is 2.70. The third-order valence-electron chi connectivity index (χ3n) is 4.65. The van der Waals surface area contributed by atoms with E-state index in [9.17, 15) is 8.78 Å². The van der Waals surface area contributed by atoms with Crippen LogP contribution in [-0.2, 0) is 0 Å². The molecule has 0 radical (unpaired) electrons. The monoisotopic (exact) mass is 330 g/mol. The molecule has 2 aromatic rings. The number of aromatic nitrogens is 1. The number of piperidine rings is 1. The summed E-state index contributed by atoms with van der Waals surface area (Å²) in [6, 6.07) is 7.61. The summed E-state index contributed by atoms with van der Waals surface area (Å²) in [5.74, 6) is 0. The number of H-pyrrole nitrogens is 1. The van der Waals surface area contributed by atoms with E-state index in [1.165, 1.54) is 6.07 Å². The molecule has 2 aliphatic heterocycles. The highest BCUT2D eigenvalue weighted by atomic mass is 19.3. The van der Waals surface area contributed by atoms with Gasteiger partial charge in [-0.15, -0.1) is 0 Å². The molecule has 0 unspecified atom stereocenters. The van der Waals surface area contributed by atoms with Crippen molar-refractivity contribution in [1.82, 2.24) is 10.3 Å². The third-order valence-corrected chi connectivity index (χ3v) is 4.65. The molecule has 3 heterocycles. The van der Waals surface area contributed by atoms with Crippen LogP contribution in [0, 0.1) is 0 Å². The zero-order chi connectivity index (χ0) is 16.5. The van der Waals surface area contributed by atoms with Gasteiger partial charge in [0.2, 0.25) is 0 Å². The standard InChI is InChI=1S/C18H20F2N4/c19-18(20)15-2-1-14(24-15)12-9-11-3-8-22-17(11)16(10-12)23-13-4-6-21-7-5-13/h1-3,9-10,13,18,21,23-24H,4-8H2. The van der Waals surface area contributed by atoms with Crippen molar-refractivity contribution in [1.29, 1.82) is 0 Å². The van der Waals surface area contributed by atoms with Gasteiger partial charge in [0.05, 0.1) is 23.3 Å². The predicted octanol–water partition coefficient (Wildman–Crippen LogP) is 2.20. The van der Waals surface area contributed by atoms with Gasteiger partial charge in [0, 0.05) is 22.5 Å². The van der Waals surface area contributed by atoms with E-state index in [4.69, 9.17) is 0 Å². The third kappa shape index (κ3) is 2.94. The Morgan fingerprint density at radius 1 is 1.17 bits per heavy atom. The Morgan fingerprint density at radius 2 is 2.00 bits per heavy atom. The van der Waals surface area contributed by atoms with E-state index in [0.717, 1.165) is 47.8 Å². The first-order valence-electron chi connectivity index (χ1n) is 8.34. The molecule has 24 heavy (non-hydrogen) atoms. The number of hydrogen-bond donors (Lipinski definition) is 3. The molecule has 2 aliphatic rings. The highest BCUT2D eigenvalue weighted by Crippen LogP contribution is 2.24. The van der Waals surface area contributed by atoms with E-state index in [-0.39, 0.29) is 5.69 Å². The van der Waals surface area contributed by atoms with Crippen LogP contribution in [-0.4, -0.2) is 30.7 Å².